The molecule has 2 aromatic carbocycles. The van der Waals surface area contributed by atoms with E-state index in [1.54, 1.807) is 26.0 Å². The lowest BCUT2D eigenvalue weighted by Crippen LogP contribution is -2.50. The van der Waals surface area contributed by atoms with Gasteiger partial charge < -0.3 is 14.6 Å². The molecule has 1 saturated carbocycles. The lowest BCUT2D eigenvalue weighted by Gasteiger charge is -2.37. The van der Waals surface area contributed by atoms with Crippen LogP contribution >= 0.6 is 0 Å². The molecule has 0 spiro atoms. The van der Waals surface area contributed by atoms with Crippen LogP contribution in [0, 0.1) is 5.92 Å². The van der Waals surface area contributed by atoms with Crippen LogP contribution in [0.2, 0.25) is 0 Å². The summed E-state index contributed by atoms with van der Waals surface area (Å²) in [6.07, 6.45) is 4.29. The first-order valence-electron chi connectivity index (χ1n) is 13.2. The Kier molecular flexibility index (Phi) is 6.94. The van der Waals surface area contributed by atoms with E-state index >= 15 is 0 Å². The Hall–Kier alpha value is -2.68. The van der Waals surface area contributed by atoms with Crippen LogP contribution in [0.1, 0.15) is 52.4 Å². The first kappa shape index (κ1) is 25.9. The van der Waals surface area contributed by atoms with E-state index in [1.807, 2.05) is 52.9 Å². The molecular formula is C29H37N3O4S. The number of fused-ring (bicyclic) bond motifs is 1. The Morgan fingerprint density at radius 2 is 1.70 bits per heavy atom. The predicted octanol–water partition coefficient (Wildman–Crippen LogP) is 4.44. The van der Waals surface area contributed by atoms with Gasteiger partial charge in [-0.25, -0.2) is 13.1 Å². The summed E-state index contributed by atoms with van der Waals surface area (Å²) >= 11 is 0. The van der Waals surface area contributed by atoms with Crippen LogP contribution in [0.4, 0.5) is 0 Å². The summed E-state index contributed by atoms with van der Waals surface area (Å²) in [6, 6.07) is 17.1. The SMILES string of the molecule is Cn1c(-c2ccccc2)cc2ccc(S(=O)(=O)NC3CCC(C(=O)N4CCCC4C(C)(C)O)CC3)cc21. The average Bonchev–Trinajstić information content (AvgIpc) is 3.50. The number of amides is 1. The van der Waals surface area contributed by atoms with Gasteiger partial charge in [0.2, 0.25) is 15.9 Å². The van der Waals surface area contributed by atoms with Crippen molar-refractivity contribution in [2.45, 2.75) is 75.0 Å². The van der Waals surface area contributed by atoms with Gasteiger partial charge in [-0.05, 0) is 76.1 Å². The minimum atomic E-state index is -3.70. The van der Waals surface area contributed by atoms with Gasteiger partial charge in [-0.1, -0.05) is 36.4 Å². The fourth-order valence-corrected chi connectivity index (χ4v) is 7.43. The summed E-state index contributed by atoms with van der Waals surface area (Å²) in [5, 5.41) is 11.5. The van der Waals surface area contributed by atoms with Crippen LogP contribution in [-0.4, -0.2) is 53.1 Å². The number of carbonyl (C=O) groups excluding carboxylic acids is 1. The van der Waals surface area contributed by atoms with Crippen LogP contribution in [0.5, 0.6) is 0 Å². The maximum absolute atomic E-state index is 13.3. The third-order valence-corrected chi connectivity index (χ3v) is 9.66. The predicted molar refractivity (Wildman–Crippen MR) is 145 cm³/mol. The molecule has 5 rings (SSSR count). The van der Waals surface area contributed by atoms with Gasteiger partial charge in [0, 0.05) is 42.1 Å². The molecule has 3 aromatic rings. The maximum atomic E-state index is 13.3. The monoisotopic (exact) mass is 523 g/mol. The Morgan fingerprint density at radius 1 is 1.00 bits per heavy atom. The molecule has 37 heavy (non-hydrogen) atoms. The number of rotatable bonds is 6. The van der Waals surface area contributed by atoms with Gasteiger partial charge >= 0.3 is 0 Å². The number of benzene rings is 2. The standard InChI is InChI=1S/C29H37N3O4S/c1-29(2,34)27-10-7-17-32(27)28(33)21-11-14-23(15-12-21)30-37(35,36)24-16-13-22-18-25(31(3)26(22)19-24)20-8-5-4-6-9-20/h4-6,8-9,13,16,18-19,21,23,27,30,34H,7,10-12,14-15,17H2,1-3H3. The third kappa shape index (κ3) is 5.19. The maximum Gasteiger partial charge on any atom is 0.240 e. The van der Waals surface area contributed by atoms with Crippen molar-refractivity contribution in [1.29, 1.82) is 0 Å². The number of sulfonamides is 1. The second-order valence-corrected chi connectivity index (χ2v) is 12.9. The number of carbonyl (C=O) groups is 1. The minimum Gasteiger partial charge on any atom is -0.388 e. The van der Waals surface area contributed by atoms with Crippen LogP contribution in [0.25, 0.3) is 22.2 Å². The molecular weight excluding hydrogens is 486 g/mol. The van der Waals surface area contributed by atoms with E-state index in [4.69, 9.17) is 0 Å². The van der Waals surface area contributed by atoms with Crippen molar-refractivity contribution in [3.8, 4) is 11.3 Å². The average molecular weight is 524 g/mol. The Bertz CT molecular complexity index is 1380. The molecule has 2 fully saturated rings. The normalized spacial score (nSPS) is 23.0. The van der Waals surface area contributed by atoms with Gasteiger partial charge in [-0.15, -0.1) is 0 Å². The minimum absolute atomic E-state index is 0.106. The lowest BCUT2D eigenvalue weighted by atomic mass is 9.85. The van der Waals surface area contributed by atoms with E-state index in [9.17, 15) is 18.3 Å². The first-order chi connectivity index (χ1) is 17.5. The molecule has 1 atom stereocenters. The number of aryl methyl sites for hydroxylation is 1. The number of hydrogen-bond donors (Lipinski definition) is 2. The zero-order valence-corrected chi connectivity index (χ0v) is 22.7. The van der Waals surface area contributed by atoms with Crippen molar-refractivity contribution in [2.24, 2.45) is 13.0 Å². The Balaban J connectivity index is 1.26. The molecule has 1 unspecified atom stereocenters. The van der Waals surface area contributed by atoms with Gasteiger partial charge in [0.05, 0.1) is 16.5 Å². The summed E-state index contributed by atoms with van der Waals surface area (Å²) in [7, 11) is -1.74. The van der Waals surface area contributed by atoms with Gasteiger partial charge in [0.15, 0.2) is 0 Å². The van der Waals surface area contributed by atoms with Gasteiger partial charge in [-0.2, -0.15) is 0 Å². The van der Waals surface area contributed by atoms with Gasteiger partial charge in [0.25, 0.3) is 0 Å². The van der Waals surface area contributed by atoms with Crippen molar-refractivity contribution in [2.75, 3.05) is 6.54 Å². The highest BCUT2D eigenvalue weighted by Gasteiger charge is 2.41. The molecule has 2 heterocycles. The van der Waals surface area contributed by atoms with E-state index in [1.165, 1.54) is 0 Å². The topological polar surface area (TPSA) is 91.6 Å². The van der Waals surface area contributed by atoms with E-state index in [0.717, 1.165) is 35.0 Å². The molecule has 2 N–H and O–H groups in total. The fourth-order valence-electron chi connectivity index (χ4n) is 6.11. The zero-order chi connectivity index (χ0) is 26.4. The lowest BCUT2D eigenvalue weighted by molar-refractivity contribution is -0.142. The largest absolute Gasteiger partial charge is 0.388 e. The fraction of sp³-hybridized carbons (Fsp3) is 0.483. The molecule has 0 bridgehead atoms. The Morgan fingerprint density at radius 3 is 2.38 bits per heavy atom. The third-order valence-electron chi connectivity index (χ3n) is 8.15. The highest BCUT2D eigenvalue weighted by Crippen LogP contribution is 2.33. The van der Waals surface area contributed by atoms with Gasteiger partial charge in [0.1, 0.15) is 0 Å². The molecule has 1 aromatic heterocycles. The molecule has 1 aliphatic heterocycles. The number of aromatic nitrogens is 1. The molecule has 1 aliphatic carbocycles. The number of nitrogens with zero attached hydrogens (tertiary/aromatic N) is 2. The van der Waals surface area contributed by atoms with Crippen LogP contribution < -0.4 is 4.72 Å². The molecule has 8 heteroatoms. The number of nitrogens with one attached hydrogen (secondary N) is 1. The summed E-state index contributed by atoms with van der Waals surface area (Å²) in [5.74, 6) is -0.00542. The van der Waals surface area contributed by atoms with Crippen LogP contribution in [-0.2, 0) is 21.9 Å². The second kappa shape index (κ2) is 9.89. The van der Waals surface area contributed by atoms with E-state index in [2.05, 4.69) is 10.8 Å². The smallest absolute Gasteiger partial charge is 0.240 e. The molecule has 0 radical (unpaired) electrons. The molecule has 2 aliphatic rings. The Labute approximate surface area is 219 Å². The highest BCUT2D eigenvalue weighted by molar-refractivity contribution is 7.89. The molecule has 7 nitrogen and oxygen atoms in total. The first-order valence-corrected chi connectivity index (χ1v) is 14.7. The zero-order valence-electron chi connectivity index (χ0n) is 21.9. The summed E-state index contributed by atoms with van der Waals surface area (Å²) in [6.45, 7) is 4.22. The van der Waals surface area contributed by atoms with Crippen molar-refractivity contribution < 1.29 is 18.3 Å². The number of hydrogen-bond acceptors (Lipinski definition) is 4. The quantitative estimate of drug-likeness (QED) is 0.500. The molecule has 1 saturated heterocycles. The highest BCUT2D eigenvalue weighted by atomic mass is 32.2. The van der Waals surface area contributed by atoms with E-state index < -0.39 is 15.6 Å². The van der Waals surface area contributed by atoms with E-state index in [-0.39, 0.29) is 28.8 Å². The van der Waals surface area contributed by atoms with Crippen LogP contribution in [0.3, 0.4) is 0 Å². The van der Waals surface area contributed by atoms with Gasteiger partial charge in [-0.3, -0.25) is 4.79 Å². The van der Waals surface area contributed by atoms with Crippen LogP contribution in [0.15, 0.2) is 59.5 Å². The van der Waals surface area contributed by atoms with Crippen molar-refractivity contribution in [1.82, 2.24) is 14.2 Å². The van der Waals surface area contributed by atoms with Crippen molar-refractivity contribution >= 4 is 26.8 Å². The van der Waals surface area contributed by atoms with Crippen molar-refractivity contribution in [3.05, 3.63) is 54.6 Å². The molecule has 198 valence electrons. The second-order valence-electron chi connectivity index (χ2n) is 11.2. The number of aliphatic hydroxyl groups is 1. The number of likely N-dealkylation sites (tertiary alicyclic amines) is 1. The van der Waals surface area contributed by atoms with E-state index in [0.29, 0.717) is 32.2 Å². The summed E-state index contributed by atoms with van der Waals surface area (Å²) in [4.78, 5) is 15.3. The van der Waals surface area contributed by atoms with Crippen molar-refractivity contribution in [3.63, 3.8) is 0 Å². The summed E-state index contributed by atoms with van der Waals surface area (Å²) in [5.41, 5.74) is 2.06. The summed E-state index contributed by atoms with van der Waals surface area (Å²) < 4.78 is 31.5. The molecule has 1 amide bonds.